The quantitative estimate of drug-likeness (QED) is 0.901. The maximum absolute atomic E-state index is 12.6. The van der Waals surface area contributed by atoms with Crippen molar-refractivity contribution in [1.82, 2.24) is 9.29 Å². The molecule has 1 N–H and O–H groups in total. The van der Waals surface area contributed by atoms with E-state index < -0.39 is 10.0 Å². The minimum absolute atomic E-state index is 0.258. The smallest absolute Gasteiger partial charge is 0.246 e. The molecule has 0 amide bonds. The average molecular weight is 269 g/mol. The van der Waals surface area contributed by atoms with Crippen molar-refractivity contribution < 1.29 is 8.42 Å². The Morgan fingerprint density at radius 3 is 2.50 bits per heavy atom. The van der Waals surface area contributed by atoms with Gasteiger partial charge in [0, 0.05) is 26.3 Å². The van der Waals surface area contributed by atoms with Crippen LogP contribution in [0.1, 0.15) is 13.8 Å². The summed E-state index contributed by atoms with van der Waals surface area (Å²) in [6.45, 7) is 5.34. The first kappa shape index (κ1) is 13.3. The third-order valence-corrected chi connectivity index (χ3v) is 5.44. The molecule has 2 atom stereocenters. The lowest BCUT2D eigenvalue weighted by Gasteiger charge is -2.17. The van der Waals surface area contributed by atoms with Gasteiger partial charge in [0.15, 0.2) is 0 Å². The minimum Gasteiger partial charge on any atom is -0.372 e. The van der Waals surface area contributed by atoms with Gasteiger partial charge in [-0.05, 0) is 24.0 Å². The maximum atomic E-state index is 12.6. The van der Waals surface area contributed by atoms with Gasteiger partial charge in [0.1, 0.15) is 10.7 Å². The van der Waals surface area contributed by atoms with Crippen LogP contribution in [0.5, 0.6) is 0 Å². The molecule has 0 aromatic carbocycles. The Bertz CT molecular complexity index is 520. The molecule has 1 aliphatic heterocycles. The van der Waals surface area contributed by atoms with Crippen molar-refractivity contribution in [2.75, 3.05) is 25.5 Å². The van der Waals surface area contributed by atoms with Crippen LogP contribution in [-0.4, -0.2) is 37.8 Å². The van der Waals surface area contributed by atoms with Crippen LogP contribution in [0.3, 0.4) is 0 Å². The Labute approximate surface area is 108 Å². The summed E-state index contributed by atoms with van der Waals surface area (Å²) < 4.78 is 26.7. The third-order valence-electron chi connectivity index (χ3n) is 3.58. The zero-order valence-corrected chi connectivity index (χ0v) is 11.7. The molecule has 1 aromatic heterocycles. The monoisotopic (exact) mass is 269 g/mol. The third kappa shape index (κ3) is 2.22. The van der Waals surface area contributed by atoms with Crippen LogP contribution in [-0.2, 0) is 10.0 Å². The molecular formula is C12H19N3O2S. The van der Waals surface area contributed by atoms with Crippen molar-refractivity contribution in [3.8, 4) is 0 Å². The number of sulfonamides is 1. The van der Waals surface area contributed by atoms with Gasteiger partial charge in [-0.2, -0.15) is 4.31 Å². The Morgan fingerprint density at radius 1 is 1.33 bits per heavy atom. The van der Waals surface area contributed by atoms with Crippen molar-refractivity contribution in [2.45, 2.75) is 18.7 Å². The Hall–Kier alpha value is -1.14. The highest BCUT2D eigenvalue weighted by Crippen LogP contribution is 2.30. The number of aromatic nitrogens is 1. The number of hydrogen-bond donors (Lipinski definition) is 1. The molecule has 0 saturated carbocycles. The van der Waals surface area contributed by atoms with Crippen LogP contribution in [0, 0.1) is 11.8 Å². The largest absolute Gasteiger partial charge is 0.372 e. The molecule has 0 bridgehead atoms. The molecule has 100 valence electrons. The van der Waals surface area contributed by atoms with E-state index in [0.29, 0.717) is 30.7 Å². The first-order valence-corrected chi connectivity index (χ1v) is 7.53. The molecule has 1 aromatic rings. The lowest BCUT2D eigenvalue weighted by molar-refractivity contribution is 0.463. The van der Waals surface area contributed by atoms with Crippen LogP contribution in [0.15, 0.2) is 23.2 Å². The fourth-order valence-electron chi connectivity index (χ4n) is 2.20. The van der Waals surface area contributed by atoms with E-state index in [1.54, 1.807) is 29.7 Å². The molecule has 1 fully saturated rings. The zero-order chi connectivity index (χ0) is 13.3. The van der Waals surface area contributed by atoms with Gasteiger partial charge >= 0.3 is 0 Å². The number of rotatable bonds is 3. The normalized spacial score (nSPS) is 25.3. The summed E-state index contributed by atoms with van der Waals surface area (Å²) in [5.41, 5.74) is 0. The first-order valence-electron chi connectivity index (χ1n) is 6.09. The second-order valence-corrected chi connectivity index (χ2v) is 6.78. The van der Waals surface area contributed by atoms with E-state index in [1.165, 1.54) is 0 Å². The summed E-state index contributed by atoms with van der Waals surface area (Å²) in [6, 6.07) is 3.25. The predicted octanol–water partition coefficient (Wildman–Crippen LogP) is 1.40. The van der Waals surface area contributed by atoms with E-state index >= 15 is 0 Å². The van der Waals surface area contributed by atoms with Crippen LogP contribution in [0.2, 0.25) is 0 Å². The topological polar surface area (TPSA) is 62.3 Å². The second-order valence-electron chi connectivity index (χ2n) is 4.88. The average Bonchev–Trinajstić information content (AvgIpc) is 2.70. The molecule has 2 rings (SSSR count). The van der Waals surface area contributed by atoms with Crippen molar-refractivity contribution in [2.24, 2.45) is 11.8 Å². The molecular weight excluding hydrogens is 250 g/mol. The minimum atomic E-state index is -3.44. The van der Waals surface area contributed by atoms with Gasteiger partial charge < -0.3 is 5.32 Å². The molecule has 0 spiro atoms. The first-order chi connectivity index (χ1) is 8.46. The summed E-state index contributed by atoms with van der Waals surface area (Å²) >= 11 is 0. The molecule has 6 heteroatoms. The lowest BCUT2D eigenvalue weighted by Crippen LogP contribution is -2.29. The van der Waals surface area contributed by atoms with Gasteiger partial charge in [0.05, 0.1) is 0 Å². The van der Waals surface area contributed by atoms with E-state index in [9.17, 15) is 8.42 Å². The van der Waals surface area contributed by atoms with Crippen LogP contribution < -0.4 is 5.32 Å². The molecule has 1 saturated heterocycles. The summed E-state index contributed by atoms with van der Waals surface area (Å²) in [5, 5.41) is 2.83. The fourth-order valence-corrected chi connectivity index (χ4v) is 3.99. The molecule has 2 heterocycles. The van der Waals surface area contributed by atoms with Crippen molar-refractivity contribution in [3.63, 3.8) is 0 Å². The van der Waals surface area contributed by atoms with Crippen molar-refractivity contribution in [1.29, 1.82) is 0 Å². The zero-order valence-electron chi connectivity index (χ0n) is 10.9. The summed E-state index contributed by atoms with van der Waals surface area (Å²) in [7, 11) is -1.76. The van der Waals surface area contributed by atoms with Crippen LogP contribution in [0.4, 0.5) is 5.82 Å². The highest BCUT2D eigenvalue weighted by molar-refractivity contribution is 7.89. The molecule has 1 aliphatic rings. The van der Waals surface area contributed by atoms with E-state index in [-0.39, 0.29) is 4.90 Å². The lowest BCUT2D eigenvalue weighted by atomic mass is 10.0. The molecule has 18 heavy (non-hydrogen) atoms. The number of nitrogens with zero attached hydrogens (tertiary/aromatic N) is 2. The van der Waals surface area contributed by atoms with E-state index in [0.717, 1.165) is 0 Å². The van der Waals surface area contributed by atoms with Crippen LogP contribution in [0.25, 0.3) is 0 Å². The molecule has 2 unspecified atom stereocenters. The van der Waals surface area contributed by atoms with Gasteiger partial charge in [0.2, 0.25) is 10.0 Å². The maximum Gasteiger partial charge on any atom is 0.246 e. The van der Waals surface area contributed by atoms with Gasteiger partial charge in [-0.3, -0.25) is 0 Å². The summed E-state index contributed by atoms with van der Waals surface area (Å²) in [4.78, 5) is 4.31. The fraction of sp³-hybridized carbons (Fsp3) is 0.583. The van der Waals surface area contributed by atoms with E-state index in [4.69, 9.17) is 0 Å². The summed E-state index contributed by atoms with van der Waals surface area (Å²) in [5.74, 6) is 1.20. The molecule has 0 aliphatic carbocycles. The molecule has 0 radical (unpaired) electrons. The highest BCUT2D eigenvalue weighted by atomic mass is 32.2. The van der Waals surface area contributed by atoms with E-state index in [2.05, 4.69) is 24.1 Å². The van der Waals surface area contributed by atoms with Crippen LogP contribution >= 0.6 is 0 Å². The SMILES string of the molecule is CNc1ncccc1S(=O)(=O)N1CC(C)C(C)C1. The Morgan fingerprint density at radius 2 is 1.94 bits per heavy atom. The van der Waals surface area contributed by atoms with Gasteiger partial charge in [-0.15, -0.1) is 0 Å². The molecule has 5 nitrogen and oxygen atoms in total. The van der Waals surface area contributed by atoms with Gasteiger partial charge in [-0.1, -0.05) is 13.8 Å². The standard InChI is InChI=1S/C12H19N3O2S/c1-9-7-15(8-10(9)2)18(16,17)11-5-4-6-14-12(11)13-3/h4-6,9-10H,7-8H2,1-3H3,(H,13,14). The van der Waals surface area contributed by atoms with Gasteiger partial charge in [0.25, 0.3) is 0 Å². The van der Waals surface area contributed by atoms with Gasteiger partial charge in [-0.25, -0.2) is 13.4 Å². The number of hydrogen-bond acceptors (Lipinski definition) is 4. The van der Waals surface area contributed by atoms with Crippen molar-refractivity contribution in [3.05, 3.63) is 18.3 Å². The Kier molecular flexibility index (Phi) is 3.59. The second kappa shape index (κ2) is 4.85. The highest BCUT2D eigenvalue weighted by Gasteiger charge is 2.36. The predicted molar refractivity (Wildman–Crippen MR) is 70.9 cm³/mol. The number of anilines is 1. The van der Waals surface area contributed by atoms with E-state index in [1.807, 2.05) is 0 Å². The summed E-state index contributed by atoms with van der Waals surface area (Å²) in [6.07, 6.45) is 1.58. The number of pyridine rings is 1. The Balaban J connectivity index is 2.37. The number of nitrogens with one attached hydrogen (secondary N) is 1. The van der Waals surface area contributed by atoms with Crippen molar-refractivity contribution >= 4 is 15.8 Å².